The minimum absolute atomic E-state index is 0.200. The van der Waals surface area contributed by atoms with Gasteiger partial charge in [0.05, 0.1) is 17.3 Å². The summed E-state index contributed by atoms with van der Waals surface area (Å²) >= 11 is 5.94. The maximum absolute atomic E-state index is 5.94. The van der Waals surface area contributed by atoms with Crippen molar-refractivity contribution in [2.24, 2.45) is 0 Å². The number of hydrogen-bond acceptors (Lipinski definition) is 4. The van der Waals surface area contributed by atoms with Crippen LogP contribution in [-0.2, 0) is 0 Å². The average Bonchev–Trinajstić information content (AvgIpc) is 2.82. The monoisotopic (exact) mass is 273 g/mol. The van der Waals surface area contributed by atoms with Gasteiger partial charge in [-0.15, -0.1) is 0 Å². The smallest absolute Gasteiger partial charge is 0.226 e. The molecule has 3 rings (SSSR count). The summed E-state index contributed by atoms with van der Waals surface area (Å²) in [6.45, 7) is 2.04. The normalized spacial score (nSPS) is 10.9. The van der Waals surface area contributed by atoms with E-state index in [9.17, 15) is 0 Å². The van der Waals surface area contributed by atoms with Crippen LogP contribution in [-0.4, -0.2) is 26.8 Å². The Labute approximate surface area is 115 Å². The van der Waals surface area contributed by atoms with Crippen molar-refractivity contribution in [3.8, 4) is 5.69 Å². The van der Waals surface area contributed by atoms with E-state index in [1.807, 2.05) is 31.2 Å². The largest absolute Gasteiger partial charge is 0.372 e. The molecule has 1 N–H and O–H groups in total. The van der Waals surface area contributed by atoms with Crippen molar-refractivity contribution in [1.82, 2.24) is 19.7 Å². The molecule has 2 aromatic heterocycles. The standard InChI is InChI=1S/C13H12ClN5/c1-8-3-5-9(6-4-8)19-12-10(7-16-19)11(15-2)17-13(14)18-12/h3-7H,1-2H3,(H,15,17,18). The summed E-state index contributed by atoms with van der Waals surface area (Å²) in [7, 11) is 1.79. The topological polar surface area (TPSA) is 55.6 Å². The molecule has 0 radical (unpaired) electrons. The minimum Gasteiger partial charge on any atom is -0.372 e. The Morgan fingerprint density at radius 1 is 1.16 bits per heavy atom. The summed E-state index contributed by atoms with van der Waals surface area (Å²) in [6, 6.07) is 8.06. The molecule has 0 atom stereocenters. The van der Waals surface area contributed by atoms with Crippen molar-refractivity contribution in [1.29, 1.82) is 0 Å². The zero-order valence-electron chi connectivity index (χ0n) is 10.6. The van der Waals surface area contributed by atoms with Gasteiger partial charge >= 0.3 is 0 Å². The van der Waals surface area contributed by atoms with E-state index in [4.69, 9.17) is 11.6 Å². The minimum atomic E-state index is 0.200. The molecule has 0 saturated carbocycles. The lowest BCUT2D eigenvalue weighted by Gasteiger charge is -2.05. The summed E-state index contributed by atoms with van der Waals surface area (Å²) in [5, 5.41) is 8.40. The van der Waals surface area contributed by atoms with E-state index < -0.39 is 0 Å². The molecule has 0 bridgehead atoms. The van der Waals surface area contributed by atoms with Gasteiger partial charge in [0.25, 0.3) is 0 Å². The molecule has 0 saturated heterocycles. The van der Waals surface area contributed by atoms with Crippen molar-refractivity contribution in [3.63, 3.8) is 0 Å². The number of nitrogens with zero attached hydrogens (tertiary/aromatic N) is 4. The lowest BCUT2D eigenvalue weighted by atomic mass is 10.2. The Morgan fingerprint density at radius 2 is 1.89 bits per heavy atom. The third-order valence-electron chi connectivity index (χ3n) is 2.92. The van der Waals surface area contributed by atoms with Crippen LogP contribution < -0.4 is 5.32 Å². The van der Waals surface area contributed by atoms with Gasteiger partial charge in [0.1, 0.15) is 5.82 Å². The second-order valence-corrected chi connectivity index (χ2v) is 4.56. The molecular formula is C13H12ClN5. The molecule has 6 heteroatoms. The number of rotatable bonds is 2. The maximum Gasteiger partial charge on any atom is 0.226 e. The highest BCUT2D eigenvalue weighted by molar-refractivity contribution is 6.28. The fraction of sp³-hybridized carbons (Fsp3) is 0.154. The van der Waals surface area contributed by atoms with Crippen LogP contribution in [0.5, 0.6) is 0 Å². The molecule has 0 spiro atoms. The number of anilines is 1. The van der Waals surface area contributed by atoms with Gasteiger partial charge in [-0.1, -0.05) is 17.7 Å². The first kappa shape index (κ1) is 11.9. The molecule has 3 aromatic rings. The molecule has 0 aliphatic carbocycles. The van der Waals surface area contributed by atoms with Crippen LogP contribution in [0.25, 0.3) is 16.7 Å². The summed E-state index contributed by atoms with van der Waals surface area (Å²) in [4.78, 5) is 8.39. The number of aryl methyl sites for hydroxylation is 1. The van der Waals surface area contributed by atoms with Gasteiger partial charge in [0.15, 0.2) is 5.65 Å². The van der Waals surface area contributed by atoms with E-state index in [1.54, 1.807) is 17.9 Å². The van der Waals surface area contributed by atoms with E-state index in [2.05, 4.69) is 20.4 Å². The van der Waals surface area contributed by atoms with Crippen LogP contribution >= 0.6 is 11.6 Å². The number of benzene rings is 1. The summed E-state index contributed by atoms with van der Waals surface area (Å²) < 4.78 is 1.75. The summed E-state index contributed by atoms with van der Waals surface area (Å²) in [5.41, 5.74) is 2.83. The molecule has 0 fully saturated rings. The summed E-state index contributed by atoms with van der Waals surface area (Å²) in [5.74, 6) is 0.674. The van der Waals surface area contributed by atoms with Crippen molar-refractivity contribution < 1.29 is 0 Å². The Hall–Kier alpha value is -2.14. The van der Waals surface area contributed by atoms with E-state index >= 15 is 0 Å². The van der Waals surface area contributed by atoms with Crippen LogP contribution in [0, 0.1) is 6.92 Å². The van der Waals surface area contributed by atoms with E-state index in [0.717, 1.165) is 11.1 Å². The molecule has 0 unspecified atom stereocenters. The van der Waals surface area contributed by atoms with Gasteiger partial charge in [-0.3, -0.25) is 0 Å². The first-order chi connectivity index (χ1) is 9.19. The molecule has 0 aliphatic heterocycles. The highest BCUT2D eigenvalue weighted by atomic mass is 35.5. The van der Waals surface area contributed by atoms with Gasteiger partial charge in [-0.2, -0.15) is 15.1 Å². The van der Waals surface area contributed by atoms with Gasteiger partial charge in [0.2, 0.25) is 5.28 Å². The van der Waals surface area contributed by atoms with Crippen LogP contribution in [0.1, 0.15) is 5.56 Å². The second kappa shape index (κ2) is 4.51. The molecule has 5 nitrogen and oxygen atoms in total. The molecular weight excluding hydrogens is 262 g/mol. The number of hydrogen-bond donors (Lipinski definition) is 1. The fourth-order valence-electron chi connectivity index (χ4n) is 1.95. The van der Waals surface area contributed by atoms with Crippen molar-refractivity contribution in [2.75, 3.05) is 12.4 Å². The number of halogens is 1. The molecule has 96 valence electrons. The number of aromatic nitrogens is 4. The Bertz CT molecular complexity index is 733. The molecule has 0 aliphatic rings. The van der Waals surface area contributed by atoms with E-state index in [-0.39, 0.29) is 5.28 Å². The predicted molar refractivity (Wildman–Crippen MR) is 76.0 cm³/mol. The fourth-order valence-corrected chi connectivity index (χ4v) is 2.11. The predicted octanol–water partition coefficient (Wildman–Crippen LogP) is 2.82. The van der Waals surface area contributed by atoms with Gasteiger partial charge < -0.3 is 5.32 Å². The molecule has 2 heterocycles. The maximum atomic E-state index is 5.94. The summed E-state index contributed by atoms with van der Waals surface area (Å²) in [6.07, 6.45) is 1.73. The van der Waals surface area contributed by atoms with Crippen molar-refractivity contribution in [3.05, 3.63) is 41.3 Å². The zero-order chi connectivity index (χ0) is 13.4. The second-order valence-electron chi connectivity index (χ2n) is 4.22. The zero-order valence-corrected chi connectivity index (χ0v) is 11.3. The van der Waals surface area contributed by atoms with Crippen LogP contribution in [0.2, 0.25) is 5.28 Å². The van der Waals surface area contributed by atoms with E-state index in [0.29, 0.717) is 11.5 Å². The highest BCUT2D eigenvalue weighted by Gasteiger charge is 2.12. The quantitative estimate of drug-likeness (QED) is 0.730. The lowest BCUT2D eigenvalue weighted by molar-refractivity contribution is 0.894. The van der Waals surface area contributed by atoms with Gasteiger partial charge in [-0.05, 0) is 30.7 Å². The highest BCUT2D eigenvalue weighted by Crippen LogP contribution is 2.23. The third-order valence-corrected chi connectivity index (χ3v) is 3.09. The first-order valence-corrected chi connectivity index (χ1v) is 6.23. The number of fused-ring (bicyclic) bond motifs is 1. The SMILES string of the molecule is CNc1nc(Cl)nc2c1cnn2-c1ccc(C)cc1. The average molecular weight is 274 g/mol. The van der Waals surface area contributed by atoms with Crippen LogP contribution in [0.3, 0.4) is 0 Å². The first-order valence-electron chi connectivity index (χ1n) is 5.85. The van der Waals surface area contributed by atoms with Crippen LogP contribution in [0.15, 0.2) is 30.5 Å². The molecule has 19 heavy (non-hydrogen) atoms. The molecule has 1 aromatic carbocycles. The van der Waals surface area contributed by atoms with Gasteiger partial charge in [-0.25, -0.2) is 4.68 Å². The Balaban J connectivity index is 2.25. The van der Waals surface area contributed by atoms with Crippen molar-refractivity contribution in [2.45, 2.75) is 6.92 Å². The van der Waals surface area contributed by atoms with E-state index in [1.165, 1.54) is 5.56 Å². The van der Waals surface area contributed by atoms with Crippen LogP contribution in [0.4, 0.5) is 5.82 Å². The van der Waals surface area contributed by atoms with Crippen molar-refractivity contribution >= 4 is 28.5 Å². The third kappa shape index (κ3) is 2.02. The Kier molecular flexibility index (Phi) is 2.83. The Morgan fingerprint density at radius 3 is 2.58 bits per heavy atom. The van der Waals surface area contributed by atoms with Gasteiger partial charge in [0, 0.05) is 7.05 Å². The molecule has 0 amide bonds. The number of nitrogens with one attached hydrogen (secondary N) is 1. The lowest BCUT2D eigenvalue weighted by Crippen LogP contribution is -2.00.